The topological polar surface area (TPSA) is 131 Å². The number of rotatable bonds is 6. The van der Waals surface area contributed by atoms with E-state index in [9.17, 15) is 10.1 Å². The lowest BCUT2D eigenvalue weighted by atomic mass is 9.95. The number of nitriles is 1. The molecule has 10 nitrogen and oxygen atoms in total. The van der Waals surface area contributed by atoms with Crippen LogP contribution in [0, 0.1) is 11.3 Å². The van der Waals surface area contributed by atoms with E-state index in [0.29, 0.717) is 63.2 Å². The summed E-state index contributed by atoms with van der Waals surface area (Å²) in [5.74, 6) is 1.66. The van der Waals surface area contributed by atoms with Crippen LogP contribution in [0.3, 0.4) is 0 Å². The molecule has 12 heteroatoms. The van der Waals surface area contributed by atoms with Crippen molar-refractivity contribution in [2.75, 3.05) is 33.8 Å². The summed E-state index contributed by atoms with van der Waals surface area (Å²) in [6.07, 6.45) is 2.41. The number of hydrogen-bond acceptors (Lipinski definition) is 8. The average molecular weight is 542 g/mol. The van der Waals surface area contributed by atoms with Gasteiger partial charge in [0.25, 0.3) is 0 Å². The number of thiocarbonyl (C=S) groups is 1. The molecule has 1 aliphatic rings. The van der Waals surface area contributed by atoms with E-state index >= 15 is 0 Å². The maximum absolute atomic E-state index is 13.0. The molecule has 0 fully saturated rings. The molecule has 0 aliphatic heterocycles. The maximum Gasteiger partial charge on any atom is 0.220 e. The number of anilines is 1. The second-order valence-corrected chi connectivity index (χ2v) is 8.79. The Labute approximate surface area is 223 Å². The minimum Gasteiger partial charge on any atom is -0.493 e. The molecule has 192 valence electrons. The van der Waals surface area contributed by atoms with Gasteiger partial charge in [0.1, 0.15) is 17.5 Å². The summed E-state index contributed by atoms with van der Waals surface area (Å²) in [5, 5.41) is 22.7. The molecule has 3 N–H and O–H groups in total. The summed E-state index contributed by atoms with van der Waals surface area (Å²) >= 11 is 12.4. The number of fused-ring (bicyclic) bond motifs is 3. The van der Waals surface area contributed by atoms with E-state index < -0.39 is 6.04 Å². The van der Waals surface area contributed by atoms with E-state index in [4.69, 9.17) is 42.8 Å². The zero-order chi connectivity index (χ0) is 26.7. The highest BCUT2D eigenvalue weighted by Gasteiger charge is 2.32. The lowest BCUT2D eigenvalue weighted by Crippen LogP contribution is -2.33. The molecule has 3 aromatic rings. The molecule has 1 heterocycles. The van der Waals surface area contributed by atoms with Crippen molar-refractivity contribution in [3.63, 3.8) is 0 Å². The molecule has 1 atom stereocenters. The van der Waals surface area contributed by atoms with Gasteiger partial charge in [-0.1, -0.05) is 17.7 Å². The smallest absolute Gasteiger partial charge is 0.220 e. The predicted molar refractivity (Wildman–Crippen MR) is 143 cm³/mol. The largest absolute Gasteiger partial charge is 0.493 e. The Bertz CT molecular complexity index is 1470. The SMILES string of the molecule is COc1c(Cl)c2c(c(OC)c1OC)-c1ccc(OC)c(=O)cc1[C@@H](NC(=S)Nc1[nH]ncc1C#N)CC2. The second-order valence-electron chi connectivity index (χ2n) is 8.01. The highest BCUT2D eigenvalue weighted by molar-refractivity contribution is 7.80. The summed E-state index contributed by atoms with van der Waals surface area (Å²) in [6.45, 7) is 0. The van der Waals surface area contributed by atoms with Gasteiger partial charge >= 0.3 is 0 Å². The van der Waals surface area contributed by atoms with Gasteiger partial charge in [0.05, 0.1) is 45.7 Å². The standard InChI is InChI=1S/C25H24ClN5O5S/c1-33-18-8-6-13-15(9-17(18)32)16(29-25(37)30-24-12(10-27)11-28-31-24)7-5-14-19(13)21(34-2)23(36-4)22(35-3)20(14)26/h6,8-9,11,16H,5,7H2,1-4H3,(H3,28,29,30,31,37)/t16-/m0/s1. The van der Waals surface area contributed by atoms with Crippen molar-refractivity contribution in [3.8, 4) is 40.2 Å². The Hall–Kier alpha value is -4.01. The normalized spacial score (nSPS) is 13.8. The van der Waals surface area contributed by atoms with Gasteiger partial charge in [0, 0.05) is 5.56 Å². The molecule has 37 heavy (non-hydrogen) atoms. The third-order valence-electron chi connectivity index (χ3n) is 6.11. The fourth-order valence-electron chi connectivity index (χ4n) is 4.46. The Morgan fingerprint density at radius 2 is 1.89 bits per heavy atom. The van der Waals surface area contributed by atoms with Crippen LogP contribution in [0.4, 0.5) is 5.82 Å². The summed E-state index contributed by atoms with van der Waals surface area (Å²) < 4.78 is 22.3. The summed E-state index contributed by atoms with van der Waals surface area (Å²) in [5.41, 5.74) is 2.81. The minimum absolute atomic E-state index is 0.177. The first-order valence-corrected chi connectivity index (χ1v) is 11.9. The number of halogens is 1. The highest BCUT2D eigenvalue weighted by Crippen LogP contribution is 2.54. The number of benzene rings is 1. The van der Waals surface area contributed by atoms with Crippen LogP contribution in [0.5, 0.6) is 23.0 Å². The Morgan fingerprint density at radius 3 is 2.54 bits per heavy atom. The van der Waals surface area contributed by atoms with E-state index in [2.05, 4.69) is 20.8 Å². The van der Waals surface area contributed by atoms with Gasteiger partial charge in [-0.3, -0.25) is 9.89 Å². The summed E-state index contributed by atoms with van der Waals surface area (Å²) in [6, 6.07) is 6.53. The molecule has 0 bridgehead atoms. The lowest BCUT2D eigenvalue weighted by Gasteiger charge is -2.21. The van der Waals surface area contributed by atoms with Crippen molar-refractivity contribution in [3.05, 3.63) is 56.3 Å². The quantitative estimate of drug-likeness (QED) is 0.394. The number of aromatic amines is 1. The van der Waals surface area contributed by atoms with Crippen molar-refractivity contribution in [2.24, 2.45) is 0 Å². The lowest BCUT2D eigenvalue weighted by molar-refractivity contribution is 0.325. The highest BCUT2D eigenvalue weighted by atomic mass is 35.5. The monoisotopic (exact) mass is 541 g/mol. The molecule has 0 unspecified atom stereocenters. The number of H-pyrrole nitrogens is 1. The molecular formula is C25H24ClN5O5S. The molecule has 0 amide bonds. The number of ether oxygens (including phenoxy) is 4. The fourth-order valence-corrected chi connectivity index (χ4v) is 5.06. The van der Waals surface area contributed by atoms with Crippen molar-refractivity contribution in [1.82, 2.24) is 15.5 Å². The van der Waals surface area contributed by atoms with E-state index in [1.54, 1.807) is 12.1 Å². The third kappa shape index (κ3) is 4.73. The number of hydrogen-bond donors (Lipinski definition) is 3. The molecule has 2 aromatic carbocycles. The summed E-state index contributed by atoms with van der Waals surface area (Å²) in [7, 11) is 5.98. The molecular weight excluding hydrogens is 518 g/mol. The van der Waals surface area contributed by atoms with E-state index in [1.807, 2.05) is 6.07 Å². The molecule has 0 spiro atoms. The van der Waals surface area contributed by atoms with Crippen molar-refractivity contribution < 1.29 is 18.9 Å². The number of methoxy groups -OCH3 is 4. The third-order valence-corrected chi connectivity index (χ3v) is 6.73. The average Bonchev–Trinajstić information content (AvgIpc) is 3.20. The van der Waals surface area contributed by atoms with E-state index in [0.717, 1.165) is 5.56 Å². The molecule has 0 saturated carbocycles. The Balaban J connectivity index is 1.91. The molecule has 0 radical (unpaired) electrons. The van der Waals surface area contributed by atoms with Gasteiger partial charge in [-0.05, 0) is 53.9 Å². The number of nitrogens with zero attached hydrogens (tertiary/aromatic N) is 2. The van der Waals surface area contributed by atoms with Crippen LogP contribution in [0.1, 0.15) is 29.2 Å². The van der Waals surface area contributed by atoms with Crippen LogP contribution < -0.4 is 35.0 Å². The minimum atomic E-state index is -0.418. The molecule has 1 aliphatic carbocycles. The number of nitrogens with one attached hydrogen (secondary N) is 3. The fraction of sp³-hybridized carbons (Fsp3) is 0.280. The first-order valence-electron chi connectivity index (χ1n) is 11.1. The molecule has 4 rings (SSSR count). The first-order chi connectivity index (χ1) is 17.9. The van der Waals surface area contributed by atoms with Crippen LogP contribution in [-0.4, -0.2) is 43.7 Å². The van der Waals surface area contributed by atoms with Gasteiger partial charge in [-0.25, -0.2) is 0 Å². The second kappa shape index (κ2) is 10.9. The van der Waals surface area contributed by atoms with E-state index in [-0.39, 0.29) is 16.3 Å². The number of aromatic nitrogens is 2. The summed E-state index contributed by atoms with van der Waals surface area (Å²) in [4.78, 5) is 13.0. The zero-order valence-electron chi connectivity index (χ0n) is 20.5. The van der Waals surface area contributed by atoms with Gasteiger partial charge in [-0.15, -0.1) is 0 Å². The van der Waals surface area contributed by atoms with Crippen LogP contribution >= 0.6 is 23.8 Å². The molecule has 0 saturated heterocycles. The Morgan fingerprint density at radius 1 is 1.16 bits per heavy atom. The van der Waals surface area contributed by atoms with Gasteiger partial charge in [0.15, 0.2) is 22.4 Å². The van der Waals surface area contributed by atoms with Gasteiger partial charge < -0.3 is 29.6 Å². The van der Waals surface area contributed by atoms with Crippen molar-refractivity contribution >= 4 is 34.7 Å². The van der Waals surface area contributed by atoms with Crippen LogP contribution in [0.15, 0.2) is 29.2 Å². The van der Waals surface area contributed by atoms with Gasteiger partial charge in [0.2, 0.25) is 11.2 Å². The molecule has 1 aromatic heterocycles. The zero-order valence-corrected chi connectivity index (χ0v) is 22.1. The Kier molecular flexibility index (Phi) is 7.71. The maximum atomic E-state index is 13.0. The van der Waals surface area contributed by atoms with Crippen molar-refractivity contribution in [1.29, 1.82) is 5.26 Å². The van der Waals surface area contributed by atoms with E-state index in [1.165, 1.54) is 40.7 Å². The first kappa shape index (κ1) is 26.1. The van der Waals surface area contributed by atoms with Crippen molar-refractivity contribution in [2.45, 2.75) is 18.9 Å². The van der Waals surface area contributed by atoms with Crippen LogP contribution in [0.2, 0.25) is 5.02 Å². The van der Waals surface area contributed by atoms with Crippen LogP contribution in [-0.2, 0) is 6.42 Å². The van der Waals surface area contributed by atoms with Crippen LogP contribution in [0.25, 0.3) is 11.1 Å². The van der Waals surface area contributed by atoms with Gasteiger partial charge in [-0.2, -0.15) is 10.4 Å². The predicted octanol–water partition coefficient (Wildman–Crippen LogP) is 3.97.